The average molecular weight is 474 g/mol. The van der Waals surface area contributed by atoms with Crippen molar-refractivity contribution in [1.82, 2.24) is 24.9 Å². The van der Waals surface area contributed by atoms with Gasteiger partial charge in [0, 0.05) is 19.6 Å². The molecule has 2 N–H and O–H groups in total. The largest absolute Gasteiger partial charge is 0.465 e. The van der Waals surface area contributed by atoms with Crippen molar-refractivity contribution in [2.24, 2.45) is 0 Å². The predicted octanol–water partition coefficient (Wildman–Crippen LogP) is 3.73. The van der Waals surface area contributed by atoms with E-state index >= 15 is 0 Å². The van der Waals surface area contributed by atoms with Crippen LogP contribution in [0, 0.1) is 5.82 Å². The number of imidazole rings is 1. The fraction of sp³-hybridized carbons (Fsp3) is 0.280. The fourth-order valence-electron chi connectivity index (χ4n) is 4.97. The van der Waals surface area contributed by atoms with Gasteiger partial charge in [0.1, 0.15) is 23.1 Å². The number of anilines is 2. The van der Waals surface area contributed by atoms with Gasteiger partial charge >= 0.3 is 6.09 Å². The minimum Gasteiger partial charge on any atom is -0.465 e. The van der Waals surface area contributed by atoms with Crippen LogP contribution in [0.25, 0.3) is 17.0 Å². The molecule has 2 aliphatic rings. The van der Waals surface area contributed by atoms with Gasteiger partial charge in [-0.25, -0.2) is 23.7 Å². The number of hydrogen-bond donors (Lipinski definition) is 2. The molecule has 2 saturated heterocycles. The summed E-state index contributed by atoms with van der Waals surface area (Å²) in [6, 6.07) is 16.4. The molecule has 0 aliphatic carbocycles. The van der Waals surface area contributed by atoms with Crippen molar-refractivity contribution in [3.63, 3.8) is 0 Å². The maximum Gasteiger partial charge on any atom is 0.405 e. The molecule has 3 aromatic heterocycles. The summed E-state index contributed by atoms with van der Waals surface area (Å²) in [7, 11) is 0. The summed E-state index contributed by atoms with van der Waals surface area (Å²) in [6.45, 7) is 2.00. The van der Waals surface area contributed by atoms with Crippen LogP contribution in [0.4, 0.5) is 20.8 Å². The number of carboxylic acid groups (broad SMARTS) is 1. The van der Waals surface area contributed by atoms with Crippen molar-refractivity contribution in [1.29, 1.82) is 0 Å². The Hall–Kier alpha value is -4.21. The van der Waals surface area contributed by atoms with Gasteiger partial charge in [-0.2, -0.15) is 0 Å². The molecule has 1 amide bonds. The average Bonchev–Trinajstić information content (AvgIpc) is 3.48. The molecule has 0 saturated carbocycles. The van der Waals surface area contributed by atoms with Crippen molar-refractivity contribution < 1.29 is 14.3 Å². The predicted molar refractivity (Wildman–Crippen MR) is 129 cm³/mol. The standard InChI is InChI=1S/C25H24FN7O2/c26-17-5-1-4-16(12-17)20-7-3-11-32(20)24-10-9-22-27-13-21(33(22)30-24)19-6-2-8-23(29-19)31-14-18(15-31)28-25(34)35/h1-2,4-6,8-10,12-13,18,20,28H,3,7,11,14-15H2,(H,34,35)/t20-/m1/s1. The van der Waals surface area contributed by atoms with Crippen LogP contribution < -0.4 is 15.1 Å². The third kappa shape index (κ3) is 4.01. The number of nitrogens with zero attached hydrogens (tertiary/aromatic N) is 6. The minimum atomic E-state index is -1.01. The second-order valence-electron chi connectivity index (χ2n) is 8.94. The number of nitrogens with one attached hydrogen (secondary N) is 1. The van der Waals surface area contributed by atoms with Crippen LogP contribution in [0.5, 0.6) is 0 Å². The third-order valence-electron chi connectivity index (χ3n) is 6.66. The number of amides is 1. The minimum absolute atomic E-state index is 0.0721. The van der Waals surface area contributed by atoms with Gasteiger partial charge in [-0.15, -0.1) is 5.10 Å². The highest BCUT2D eigenvalue weighted by Gasteiger charge is 2.30. The first-order valence-corrected chi connectivity index (χ1v) is 11.6. The van der Waals surface area contributed by atoms with E-state index in [4.69, 9.17) is 15.2 Å². The van der Waals surface area contributed by atoms with Crippen LogP contribution in [0.1, 0.15) is 24.4 Å². The summed E-state index contributed by atoms with van der Waals surface area (Å²) in [6.07, 6.45) is 2.70. The molecule has 0 radical (unpaired) electrons. The van der Waals surface area contributed by atoms with E-state index < -0.39 is 6.09 Å². The summed E-state index contributed by atoms with van der Waals surface area (Å²) < 4.78 is 15.7. The summed E-state index contributed by atoms with van der Waals surface area (Å²) in [5.74, 6) is 1.36. The molecule has 6 rings (SSSR count). The van der Waals surface area contributed by atoms with E-state index in [1.54, 1.807) is 22.8 Å². The Morgan fingerprint density at radius 2 is 1.94 bits per heavy atom. The highest BCUT2D eigenvalue weighted by molar-refractivity contribution is 5.66. The van der Waals surface area contributed by atoms with Crippen LogP contribution in [-0.2, 0) is 0 Å². The Morgan fingerprint density at radius 3 is 2.77 bits per heavy atom. The quantitative estimate of drug-likeness (QED) is 0.456. The zero-order valence-corrected chi connectivity index (χ0v) is 18.9. The number of benzene rings is 1. The number of carbonyl (C=O) groups is 1. The monoisotopic (exact) mass is 473 g/mol. The van der Waals surface area contributed by atoms with Crippen molar-refractivity contribution in [2.75, 3.05) is 29.4 Å². The maximum absolute atomic E-state index is 13.9. The van der Waals surface area contributed by atoms with E-state index in [1.807, 2.05) is 41.3 Å². The molecule has 2 aliphatic heterocycles. The molecule has 35 heavy (non-hydrogen) atoms. The van der Waals surface area contributed by atoms with E-state index in [0.29, 0.717) is 18.7 Å². The zero-order valence-electron chi connectivity index (χ0n) is 18.9. The Morgan fingerprint density at radius 1 is 1.09 bits per heavy atom. The number of pyridine rings is 1. The number of fused-ring (bicyclic) bond motifs is 1. The zero-order chi connectivity index (χ0) is 23.9. The van der Waals surface area contributed by atoms with Gasteiger partial charge in [0.25, 0.3) is 0 Å². The normalized spacial score (nSPS) is 18.1. The van der Waals surface area contributed by atoms with Crippen LogP contribution in [-0.4, -0.2) is 56.5 Å². The van der Waals surface area contributed by atoms with E-state index in [1.165, 1.54) is 6.07 Å². The molecule has 2 fully saturated rings. The second-order valence-corrected chi connectivity index (χ2v) is 8.94. The van der Waals surface area contributed by atoms with Crippen LogP contribution >= 0.6 is 0 Å². The van der Waals surface area contributed by atoms with Gasteiger partial charge < -0.3 is 20.2 Å². The molecule has 10 heteroatoms. The lowest BCUT2D eigenvalue weighted by molar-refractivity contribution is 0.187. The molecule has 0 bridgehead atoms. The summed E-state index contributed by atoms with van der Waals surface area (Å²) in [4.78, 5) is 24.4. The Bertz CT molecular complexity index is 1400. The number of hydrogen-bond acceptors (Lipinski definition) is 6. The van der Waals surface area contributed by atoms with E-state index in [9.17, 15) is 9.18 Å². The lowest BCUT2D eigenvalue weighted by atomic mass is 10.0. The lowest BCUT2D eigenvalue weighted by Crippen LogP contribution is -2.59. The second kappa shape index (κ2) is 8.53. The van der Waals surface area contributed by atoms with Crippen LogP contribution in [0.3, 0.4) is 0 Å². The molecule has 5 heterocycles. The molecule has 1 aromatic carbocycles. The summed E-state index contributed by atoms with van der Waals surface area (Å²) in [5, 5.41) is 16.3. The Labute approximate surface area is 200 Å². The van der Waals surface area contributed by atoms with Gasteiger partial charge in [-0.05, 0) is 54.8 Å². The van der Waals surface area contributed by atoms with Gasteiger partial charge in [-0.1, -0.05) is 18.2 Å². The molecule has 9 nitrogen and oxygen atoms in total. The number of rotatable bonds is 5. The smallest absolute Gasteiger partial charge is 0.405 e. The van der Waals surface area contributed by atoms with Gasteiger partial charge in [0.15, 0.2) is 5.65 Å². The molecule has 1 atom stereocenters. The van der Waals surface area contributed by atoms with Crippen molar-refractivity contribution in [3.8, 4) is 11.4 Å². The first-order chi connectivity index (χ1) is 17.0. The van der Waals surface area contributed by atoms with Crippen molar-refractivity contribution >= 4 is 23.4 Å². The number of halogens is 1. The maximum atomic E-state index is 13.9. The Balaban J connectivity index is 1.29. The van der Waals surface area contributed by atoms with Crippen LogP contribution in [0.15, 0.2) is 60.8 Å². The molecule has 0 spiro atoms. The first-order valence-electron chi connectivity index (χ1n) is 11.6. The van der Waals surface area contributed by atoms with Crippen LogP contribution in [0.2, 0.25) is 0 Å². The molecular formula is C25H24FN7O2. The highest BCUT2D eigenvalue weighted by Crippen LogP contribution is 2.35. The SMILES string of the molecule is O=C(O)NC1CN(c2cccc(-c3cnc4ccc(N5CCC[C@@H]5c5cccc(F)c5)nn34)n2)C1. The summed E-state index contributed by atoms with van der Waals surface area (Å²) in [5.41, 5.74) is 3.17. The molecule has 0 unspecified atom stereocenters. The third-order valence-corrected chi connectivity index (χ3v) is 6.66. The highest BCUT2D eigenvalue weighted by atomic mass is 19.1. The van der Waals surface area contributed by atoms with Gasteiger partial charge in [0.05, 0.1) is 24.0 Å². The fourth-order valence-corrected chi connectivity index (χ4v) is 4.97. The van der Waals surface area contributed by atoms with Gasteiger partial charge in [0.2, 0.25) is 0 Å². The van der Waals surface area contributed by atoms with E-state index in [-0.39, 0.29) is 17.9 Å². The van der Waals surface area contributed by atoms with Gasteiger partial charge in [-0.3, -0.25) is 0 Å². The van der Waals surface area contributed by atoms with E-state index in [0.717, 1.165) is 48.0 Å². The Kier molecular flexibility index (Phi) is 5.20. The number of aromatic nitrogens is 4. The molecule has 178 valence electrons. The topological polar surface area (TPSA) is 98.9 Å². The lowest BCUT2D eigenvalue weighted by Gasteiger charge is -2.39. The van der Waals surface area contributed by atoms with Crippen molar-refractivity contribution in [2.45, 2.75) is 24.9 Å². The first kappa shape index (κ1) is 21.3. The molecule has 4 aromatic rings. The summed E-state index contributed by atoms with van der Waals surface area (Å²) >= 11 is 0. The molecular weight excluding hydrogens is 449 g/mol. The van der Waals surface area contributed by atoms with Crippen molar-refractivity contribution in [3.05, 3.63) is 72.2 Å². The van der Waals surface area contributed by atoms with E-state index in [2.05, 4.69) is 15.2 Å².